The van der Waals surface area contributed by atoms with Crippen molar-refractivity contribution in [2.75, 3.05) is 26.2 Å². The molecule has 6 atom stereocenters. The molecule has 4 heteroatoms. The van der Waals surface area contributed by atoms with E-state index in [0.717, 1.165) is 23.9 Å². The molecule has 4 rings (SSSR count). The zero-order valence-corrected chi connectivity index (χ0v) is 13.8. The Bertz CT molecular complexity index is 283. The molecule has 2 saturated carbocycles. The molecule has 2 aliphatic carbocycles. The second-order valence-electron chi connectivity index (χ2n) is 7.21. The van der Waals surface area contributed by atoms with Crippen LogP contribution in [0.1, 0.15) is 51.4 Å². The molecule has 2 heterocycles. The molecule has 0 amide bonds. The fourth-order valence-corrected chi connectivity index (χ4v) is 5.41. The van der Waals surface area contributed by atoms with E-state index in [1.807, 2.05) is 0 Å². The summed E-state index contributed by atoms with van der Waals surface area (Å²) in [6.45, 7) is 5.60. The first-order valence-electron chi connectivity index (χ1n) is 8.40. The van der Waals surface area contributed by atoms with Crippen molar-refractivity contribution in [1.29, 1.82) is 0 Å². The van der Waals surface area contributed by atoms with Gasteiger partial charge in [-0.3, -0.25) is 9.80 Å². The fraction of sp³-hybridized carbons (Fsp3) is 1.00. The number of hydrogen-bond acceptors (Lipinski definition) is 2. The third-order valence-electron chi connectivity index (χ3n) is 6.29. The average Bonchev–Trinajstić information content (AvgIpc) is 2.69. The van der Waals surface area contributed by atoms with Gasteiger partial charge >= 0.3 is 0 Å². The van der Waals surface area contributed by atoms with Crippen molar-refractivity contribution in [3.8, 4) is 0 Å². The van der Waals surface area contributed by atoms with Crippen LogP contribution in [0.5, 0.6) is 0 Å². The molecule has 0 aromatic rings. The van der Waals surface area contributed by atoms with E-state index in [1.54, 1.807) is 0 Å². The van der Waals surface area contributed by atoms with E-state index < -0.39 is 0 Å². The van der Waals surface area contributed by atoms with Crippen molar-refractivity contribution in [1.82, 2.24) is 9.80 Å². The standard InChI is InChI=1S/C16H28N2.2Ar/c1-3-7-15-13(5-1)11-17-9-10-18(15)12-14-6-2-4-8-16(14)17;;/h13-16H,1-12H2;;. The maximum absolute atomic E-state index is 2.92. The summed E-state index contributed by atoms with van der Waals surface area (Å²) in [5.41, 5.74) is 0. The molecule has 118 valence electrons. The molecule has 0 spiro atoms. The van der Waals surface area contributed by atoms with Crippen molar-refractivity contribution in [3.63, 3.8) is 0 Å². The topological polar surface area (TPSA) is 6.48 Å². The van der Waals surface area contributed by atoms with E-state index >= 15 is 0 Å². The van der Waals surface area contributed by atoms with Crippen molar-refractivity contribution in [2.45, 2.75) is 63.5 Å². The minimum atomic E-state index is 0. The minimum Gasteiger partial charge on any atom is -0.298 e. The first kappa shape index (κ1) is 18.8. The Morgan fingerprint density at radius 2 is 0.950 bits per heavy atom. The summed E-state index contributed by atoms with van der Waals surface area (Å²) < 4.78 is 0. The van der Waals surface area contributed by atoms with Crippen LogP contribution in [-0.2, 0) is 0 Å². The van der Waals surface area contributed by atoms with Gasteiger partial charge in [0, 0.05) is 114 Å². The van der Waals surface area contributed by atoms with Gasteiger partial charge in [0.15, 0.2) is 0 Å². The molecule has 4 aliphatic rings. The van der Waals surface area contributed by atoms with Gasteiger partial charge in [-0.05, 0) is 37.5 Å². The van der Waals surface area contributed by atoms with E-state index in [-0.39, 0.29) is 75.5 Å². The number of fused-ring (bicyclic) bond motifs is 7. The van der Waals surface area contributed by atoms with Gasteiger partial charge in [0.2, 0.25) is 0 Å². The fourth-order valence-electron chi connectivity index (χ4n) is 5.41. The Morgan fingerprint density at radius 3 is 1.40 bits per heavy atom. The van der Waals surface area contributed by atoms with E-state index in [1.165, 1.54) is 77.5 Å². The van der Waals surface area contributed by atoms with Gasteiger partial charge in [0.1, 0.15) is 0 Å². The molecule has 0 aromatic heterocycles. The molecule has 2 nitrogen and oxygen atoms in total. The quantitative estimate of drug-likeness (QED) is 0.675. The van der Waals surface area contributed by atoms with Crippen LogP contribution in [0.3, 0.4) is 0 Å². The van der Waals surface area contributed by atoms with Crippen LogP contribution in [0.2, 0.25) is 0 Å². The predicted octanol–water partition coefficient (Wildman–Crippen LogP) is 2.74. The van der Waals surface area contributed by atoms with Gasteiger partial charge < -0.3 is 0 Å². The van der Waals surface area contributed by atoms with E-state index in [0.29, 0.717) is 0 Å². The van der Waals surface area contributed by atoms with Gasteiger partial charge in [-0.25, -0.2) is 0 Å². The Morgan fingerprint density at radius 1 is 0.550 bits per heavy atom. The molecule has 0 aromatic carbocycles. The monoisotopic (exact) mass is 328 g/mol. The third kappa shape index (κ3) is 3.74. The molecule has 2 saturated heterocycles. The molecular formula is C16H28Ar2N2. The molecule has 2 aliphatic heterocycles. The summed E-state index contributed by atoms with van der Waals surface area (Å²) in [4.78, 5) is 5.83. The van der Waals surface area contributed by atoms with E-state index in [9.17, 15) is 0 Å². The van der Waals surface area contributed by atoms with Gasteiger partial charge in [-0.15, -0.1) is 0 Å². The maximum Gasteiger partial charge on any atom is 0.0136 e. The first-order chi connectivity index (χ1) is 8.92. The second kappa shape index (κ2) is 8.51. The number of rotatable bonds is 0. The normalized spacial score (nSPS) is 46.8. The van der Waals surface area contributed by atoms with Crippen molar-refractivity contribution in [3.05, 3.63) is 0 Å². The van der Waals surface area contributed by atoms with Crippen LogP contribution in [0.25, 0.3) is 0 Å². The summed E-state index contributed by atoms with van der Waals surface area (Å²) in [7, 11) is 0. The minimum absolute atomic E-state index is 0. The van der Waals surface area contributed by atoms with Crippen molar-refractivity contribution < 1.29 is 75.5 Å². The Labute approximate surface area is 184 Å². The smallest absolute Gasteiger partial charge is 0.0136 e. The van der Waals surface area contributed by atoms with Gasteiger partial charge in [0.05, 0.1) is 0 Å². The van der Waals surface area contributed by atoms with Crippen LogP contribution >= 0.6 is 0 Å². The molecule has 0 radical (unpaired) electrons. The Kier molecular flexibility index (Phi) is 7.99. The van der Waals surface area contributed by atoms with Gasteiger partial charge in [-0.1, -0.05) is 25.7 Å². The molecule has 0 N–H and O–H groups in total. The molecule has 20 heavy (non-hydrogen) atoms. The van der Waals surface area contributed by atoms with E-state index in [4.69, 9.17) is 0 Å². The SMILES string of the molecule is C1CCC2C(C1)CN1CCN2CC2CCCCC21.[Ar].[Ar]. The van der Waals surface area contributed by atoms with Crippen LogP contribution in [0.4, 0.5) is 0 Å². The summed E-state index contributed by atoms with van der Waals surface area (Å²) in [5, 5.41) is 0. The largest absolute Gasteiger partial charge is 0.298 e. The summed E-state index contributed by atoms with van der Waals surface area (Å²) in [5.74, 6) is 2.01. The van der Waals surface area contributed by atoms with Gasteiger partial charge in [0.25, 0.3) is 0 Å². The van der Waals surface area contributed by atoms with Crippen LogP contribution in [0, 0.1) is 87.3 Å². The molecule has 4 fully saturated rings. The maximum atomic E-state index is 2.92. The third-order valence-corrected chi connectivity index (χ3v) is 6.29. The molecular weight excluding hydrogens is 300 g/mol. The molecule has 6 unspecified atom stereocenters. The van der Waals surface area contributed by atoms with Crippen LogP contribution in [0.15, 0.2) is 0 Å². The van der Waals surface area contributed by atoms with Gasteiger partial charge in [-0.2, -0.15) is 0 Å². The van der Waals surface area contributed by atoms with E-state index in [2.05, 4.69) is 9.80 Å². The number of nitrogens with zero attached hydrogens (tertiary/aromatic N) is 2. The van der Waals surface area contributed by atoms with Crippen molar-refractivity contribution in [2.24, 2.45) is 11.8 Å². The molecule has 2 bridgehead atoms. The summed E-state index contributed by atoms with van der Waals surface area (Å²) in [6.07, 6.45) is 12.0. The predicted molar refractivity (Wildman–Crippen MR) is 74.6 cm³/mol. The van der Waals surface area contributed by atoms with Crippen molar-refractivity contribution >= 4 is 0 Å². The Hall–Kier alpha value is 2.44. The first-order valence-corrected chi connectivity index (χ1v) is 8.40. The zero-order chi connectivity index (χ0) is 11.9. The van der Waals surface area contributed by atoms with Crippen LogP contribution < -0.4 is 0 Å². The second-order valence-corrected chi connectivity index (χ2v) is 7.21. The summed E-state index contributed by atoms with van der Waals surface area (Å²) in [6, 6.07) is 1.90. The van der Waals surface area contributed by atoms with Crippen LogP contribution in [-0.4, -0.2) is 48.1 Å². The zero-order valence-electron chi connectivity index (χ0n) is 12.4. The number of hydrogen-bond donors (Lipinski definition) is 0. The average molecular weight is 328 g/mol. The Balaban J connectivity index is 0.000000735. The summed E-state index contributed by atoms with van der Waals surface area (Å²) >= 11 is 0.